The van der Waals surface area contributed by atoms with Gasteiger partial charge in [0.25, 0.3) is 5.69 Å². The first-order chi connectivity index (χ1) is 12.2. The monoisotopic (exact) mass is 358 g/mol. The number of nitrogens with one attached hydrogen (secondary N) is 1. The molecule has 0 saturated carbocycles. The molecule has 7 heteroatoms. The van der Waals surface area contributed by atoms with E-state index in [0.717, 1.165) is 0 Å². The third-order valence-corrected chi connectivity index (χ3v) is 2.98. The smallest absolute Gasteiger partial charge is 0.407 e. The van der Waals surface area contributed by atoms with Crippen LogP contribution in [-0.2, 0) is 4.74 Å². The molecule has 0 spiro atoms. The van der Waals surface area contributed by atoms with Gasteiger partial charge in [-0.3, -0.25) is 14.9 Å². The Morgan fingerprint density at radius 1 is 1.00 bits per heavy atom. The van der Waals surface area contributed by atoms with Gasteiger partial charge in [0.2, 0.25) is 0 Å². The molecule has 0 saturated heterocycles. The molecule has 0 aliphatic rings. The lowest BCUT2D eigenvalue weighted by Crippen LogP contribution is -2.30. The molecule has 0 bridgehead atoms. The average Bonchev–Trinajstić information content (AvgIpc) is 2.61. The fourth-order valence-electron chi connectivity index (χ4n) is 1.90. The number of para-hydroxylation sites is 1. The number of amides is 1. The van der Waals surface area contributed by atoms with E-state index >= 15 is 0 Å². The molecule has 2 aromatic carbocycles. The third-order valence-electron chi connectivity index (χ3n) is 2.98. The highest BCUT2D eigenvalue weighted by atomic mass is 16.6. The van der Waals surface area contributed by atoms with Crippen molar-refractivity contribution in [3.05, 3.63) is 75.8 Å². The van der Waals surface area contributed by atoms with Gasteiger partial charge >= 0.3 is 6.09 Å². The van der Waals surface area contributed by atoms with Crippen molar-refractivity contribution in [1.29, 1.82) is 0 Å². The highest BCUT2D eigenvalue weighted by Crippen LogP contribution is 2.20. The molecule has 138 valence electrons. The number of hydrogen-bond acceptors (Lipinski definition) is 5. The molecule has 0 unspecified atom stereocenters. The molecule has 0 aliphatic carbocycles. The number of alkyl carbamates (subject to hydrolysis) is 1. The van der Waals surface area contributed by atoms with Gasteiger partial charge < -0.3 is 10.1 Å². The molecule has 0 aromatic heterocycles. The van der Waals surface area contributed by atoms with Crippen LogP contribution in [0.4, 0.5) is 10.5 Å². The summed E-state index contributed by atoms with van der Waals surface area (Å²) in [6.07, 6.45) is -0.387. The standard InChI is InChI=1S/C13H9NO3.C6H13NO2/c15-13(10-6-2-1-3-7-10)11-8-4-5-9-12(11)14(16)17;1-6(2,3)9-5(8)7-4/h1-9H;1-4H3,(H,7,8). The number of benzene rings is 2. The number of ether oxygens (including phenoxy) is 1. The van der Waals surface area contributed by atoms with E-state index in [2.05, 4.69) is 5.32 Å². The maximum absolute atomic E-state index is 12.1. The van der Waals surface area contributed by atoms with E-state index in [1.165, 1.54) is 19.2 Å². The van der Waals surface area contributed by atoms with Crippen LogP contribution in [0, 0.1) is 10.1 Å². The van der Waals surface area contributed by atoms with Crippen LogP contribution < -0.4 is 5.32 Å². The van der Waals surface area contributed by atoms with Crippen molar-refractivity contribution < 1.29 is 19.2 Å². The van der Waals surface area contributed by atoms with Crippen LogP contribution in [-0.4, -0.2) is 29.4 Å². The first kappa shape index (κ1) is 20.8. The summed E-state index contributed by atoms with van der Waals surface area (Å²) in [6.45, 7) is 5.46. The molecule has 0 aliphatic heterocycles. The Labute approximate surface area is 152 Å². The minimum absolute atomic E-state index is 0.115. The molecule has 0 radical (unpaired) electrons. The highest BCUT2D eigenvalue weighted by Gasteiger charge is 2.19. The van der Waals surface area contributed by atoms with E-state index < -0.39 is 4.92 Å². The van der Waals surface area contributed by atoms with Crippen molar-refractivity contribution in [3.63, 3.8) is 0 Å². The number of nitrogens with zero attached hydrogens (tertiary/aromatic N) is 1. The van der Waals surface area contributed by atoms with Crippen molar-refractivity contribution in [2.24, 2.45) is 0 Å². The zero-order valence-corrected chi connectivity index (χ0v) is 15.2. The van der Waals surface area contributed by atoms with Gasteiger partial charge in [-0.2, -0.15) is 0 Å². The number of ketones is 1. The van der Waals surface area contributed by atoms with Gasteiger partial charge in [0.15, 0.2) is 5.78 Å². The summed E-state index contributed by atoms with van der Waals surface area (Å²) in [4.78, 5) is 32.8. The maximum Gasteiger partial charge on any atom is 0.407 e. The highest BCUT2D eigenvalue weighted by molar-refractivity contribution is 6.11. The molecule has 1 amide bonds. The van der Waals surface area contributed by atoms with Crippen LogP contribution in [0.2, 0.25) is 0 Å². The van der Waals surface area contributed by atoms with E-state index in [-0.39, 0.29) is 28.7 Å². The molecule has 0 fully saturated rings. The van der Waals surface area contributed by atoms with Crippen LogP contribution in [0.3, 0.4) is 0 Å². The minimum Gasteiger partial charge on any atom is -0.444 e. The van der Waals surface area contributed by atoms with Crippen molar-refractivity contribution >= 4 is 17.6 Å². The first-order valence-corrected chi connectivity index (χ1v) is 7.89. The van der Waals surface area contributed by atoms with E-state index in [1.807, 2.05) is 20.8 Å². The zero-order chi connectivity index (χ0) is 19.7. The molecule has 26 heavy (non-hydrogen) atoms. The average molecular weight is 358 g/mol. The van der Waals surface area contributed by atoms with E-state index in [9.17, 15) is 19.7 Å². The predicted molar refractivity (Wildman–Crippen MR) is 98.3 cm³/mol. The Morgan fingerprint density at radius 3 is 2.00 bits per heavy atom. The molecule has 2 rings (SSSR count). The van der Waals surface area contributed by atoms with Crippen LogP contribution in [0.1, 0.15) is 36.7 Å². The number of rotatable bonds is 3. The number of nitro benzene ring substituents is 1. The summed E-state index contributed by atoms with van der Waals surface area (Å²) in [5, 5.41) is 13.2. The van der Waals surface area contributed by atoms with Gasteiger partial charge in [0.1, 0.15) is 11.2 Å². The fourth-order valence-corrected chi connectivity index (χ4v) is 1.90. The molecule has 7 nitrogen and oxygen atoms in total. The van der Waals surface area contributed by atoms with Crippen LogP contribution in [0.15, 0.2) is 54.6 Å². The van der Waals surface area contributed by atoms with Crippen molar-refractivity contribution in [2.45, 2.75) is 26.4 Å². The Balaban J connectivity index is 0.000000321. The van der Waals surface area contributed by atoms with Crippen molar-refractivity contribution in [1.82, 2.24) is 5.32 Å². The summed E-state index contributed by atoms with van der Waals surface area (Å²) in [5.41, 5.74) is 0.00644. The summed E-state index contributed by atoms with van der Waals surface area (Å²) in [5.74, 6) is -0.335. The largest absolute Gasteiger partial charge is 0.444 e. The summed E-state index contributed by atoms with van der Waals surface area (Å²) < 4.78 is 4.84. The second kappa shape index (κ2) is 9.31. The van der Waals surface area contributed by atoms with E-state index in [4.69, 9.17) is 4.74 Å². The molecule has 0 heterocycles. The van der Waals surface area contributed by atoms with Crippen molar-refractivity contribution in [3.8, 4) is 0 Å². The topological polar surface area (TPSA) is 98.5 Å². The quantitative estimate of drug-likeness (QED) is 0.508. The van der Waals surface area contributed by atoms with Crippen LogP contribution >= 0.6 is 0 Å². The lowest BCUT2D eigenvalue weighted by Gasteiger charge is -2.18. The first-order valence-electron chi connectivity index (χ1n) is 7.89. The number of carbonyl (C=O) groups excluding carboxylic acids is 2. The molecule has 1 N–H and O–H groups in total. The maximum atomic E-state index is 12.1. The SMILES string of the molecule is CNC(=O)OC(C)(C)C.O=C(c1ccccc1)c1ccccc1[N+](=O)[O-]. The van der Waals surface area contributed by atoms with Gasteiger partial charge in [-0.15, -0.1) is 0 Å². The third kappa shape index (κ3) is 6.72. The Kier molecular flexibility index (Phi) is 7.46. The fraction of sp³-hybridized carbons (Fsp3) is 0.263. The van der Waals surface area contributed by atoms with Crippen LogP contribution in [0.5, 0.6) is 0 Å². The minimum atomic E-state index is -0.545. The molecule has 0 atom stereocenters. The van der Waals surface area contributed by atoms with Gasteiger partial charge in [0.05, 0.1) is 4.92 Å². The van der Waals surface area contributed by atoms with Gasteiger partial charge in [-0.25, -0.2) is 4.79 Å². The number of carbonyl (C=O) groups is 2. The Morgan fingerprint density at radius 2 is 1.54 bits per heavy atom. The van der Waals surface area contributed by atoms with E-state index in [1.54, 1.807) is 42.5 Å². The number of hydrogen-bond donors (Lipinski definition) is 1. The lowest BCUT2D eigenvalue weighted by molar-refractivity contribution is -0.385. The second-order valence-corrected chi connectivity index (χ2v) is 6.22. The Hall–Kier alpha value is -3.22. The van der Waals surface area contributed by atoms with Crippen molar-refractivity contribution in [2.75, 3.05) is 7.05 Å². The number of nitro groups is 1. The molecular formula is C19H22N2O5. The summed E-state index contributed by atoms with van der Waals surface area (Å²) in [7, 11) is 1.54. The summed E-state index contributed by atoms with van der Waals surface area (Å²) >= 11 is 0. The predicted octanol–water partition coefficient (Wildman–Crippen LogP) is 3.97. The molecule has 2 aromatic rings. The Bertz CT molecular complexity index is 767. The van der Waals surface area contributed by atoms with Gasteiger partial charge in [0, 0.05) is 18.7 Å². The van der Waals surface area contributed by atoms with E-state index in [0.29, 0.717) is 5.56 Å². The lowest BCUT2D eigenvalue weighted by atomic mass is 10.0. The zero-order valence-electron chi connectivity index (χ0n) is 15.2. The normalized spacial score (nSPS) is 10.2. The molecular weight excluding hydrogens is 336 g/mol. The second-order valence-electron chi connectivity index (χ2n) is 6.22. The summed E-state index contributed by atoms with van der Waals surface area (Å²) in [6, 6.07) is 14.5. The van der Waals surface area contributed by atoms with Gasteiger partial charge in [-0.1, -0.05) is 42.5 Å². The van der Waals surface area contributed by atoms with Gasteiger partial charge in [-0.05, 0) is 26.8 Å². The van der Waals surface area contributed by atoms with Crippen LogP contribution in [0.25, 0.3) is 0 Å².